The number of rotatable bonds is 10. The van der Waals surface area contributed by atoms with Gasteiger partial charge in [0.25, 0.3) is 0 Å². The lowest BCUT2D eigenvalue weighted by atomic mass is 9.77. The van der Waals surface area contributed by atoms with Gasteiger partial charge in [0.15, 0.2) is 0 Å². The zero-order chi connectivity index (χ0) is 19.1. The van der Waals surface area contributed by atoms with Gasteiger partial charge in [-0.1, -0.05) is 54.6 Å². The number of carbonyl (C=O) groups is 1. The van der Waals surface area contributed by atoms with Gasteiger partial charge in [-0.2, -0.15) is 11.8 Å². The zero-order valence-electron chi connectivity index (χ0n) is 15.7. The van der Waals surface area contributed by atoms with Crippen LogP contribution < -0.4 is 0 Å². The van der Waals surface area contributed by atoms with Gasteiger partial charge in [0.05, 0.1) is 6.10 Å². The van der Waals surface area contributed by atoms with Gasteiger partial charge in [0.2, 0.25) is 0 Å². The zero-order valence-corrected chi connectivity index (χ0v) is 16.6. The summed E-state index contributed by atoms with van der Waals surface area (Å²) in [4.78, 5) is 10.6. The normalized spacial score (nSPS) is 28.3. The smallest absolute Gasteiger partial charge is 0.303 e. The fourth-order valence-electron chi connectivity index (χ4n) is 4.31. The lowest BCUT2D eigenvalue weighted by Gasteiger charge is -2.27. The number of carboxylic acid groups (broad SMARTS) is 1. The van der Waals surface area contributed by atoms with Crippen LogP contribution in [0.15, 0.2) is 54.6 Å². The van der Waals surface area contributed by atoms with Gasteiger partial charge >= 0.3 is 5.97 Å². The molecule has 0 saturated carbocycles. The molecule has 27 heavy (non-hydrogen) atoms. The molecule has 2 N–H and O–H groups in total. The molecule has 2 bridgehead atoms. The van der Waals surface area contributed by atoms with Gasteiger partial charge in [-0.3, -0.25) is 4.79 Å². The maximum absolute atomic E-state index is 10.6. The summed E-state index contributed by atoms with van der Waals surface area (Å²) in [5.41, 5.74) is 1.16. The van der Waals surface area contributed by atoms with Crippen molar-refractivity contribution in [3.8, 4) is 0 Å². The molecule has 3 nitrogen and oxygen atoms in total. The Balaban J connectivity index is 1.50. The molecule has 3 rings (SSSR count). The number of thioether (sulfide) groups is 1. The maximum atomic E-state index is 10.6. The molecule has 0 aliphatic carbocycles. The lowest BCUT2D eigenvalue weighted by Crippen LogP contribution is -2.25. The number of hydrogen-bond donors (Lipinski definition) is 2. The summed E-state index contributed by atoms with van der Waals surface area (Å²) in [6.07, 6.45) is 14.4. The van der Waals surface area contributed by atoms with Crippen molar-refractivity contribution in [1.29, 1.82) is 0 Å². The van der Waals surface area contributed by atoms with Crippen LogP contribution in [0.25, 0.3) is 0 Å². The predicted octanol–water partition coefficient (Wildman–Crippen LogP) is 4.86. The van der Waals surface area contributed by atoms with E-state index in [0.717, 1.165) is 23.7 Å². The molecule has 1 aromatic carbocycles. The van der Waals surface area contributed by atoms with Crippen LogP contribution in [-0.2, 0) is 11.2 Å². The quantitative estimate of drug-likeness (QED) is 0.445. The summed E-state index contributed by atoms with van der Waals surface area (Å²) >= 11 is 2.13. The van der Waals surface area contributed by atoms with E-state index >= 15 is 0 Å². The van der Waals surface area contributed by atoms with Crippen molar-refractivity contribution in [2.45, 2.75) is 61.5 Å². The summed E-state index contributed by atoms with van der Waals surface area (Å²) < 4.78 is 0. The summed E-state index contributed by atoms with van der Waals surface area (Å²) in [5, 5.41) is 20.5. The van der Waals surface area contributed by atoms with Crippen molar-refractivity contribution in [1.82, 2.24) is 0 Å². The van der Waals surface area contributed by atoms with Crippen molar-refractivity contribution in [3.05, 3.63) is 60.2 Å². The Labute approximate surface area is 166 Å². The Morgan fingerprint density at radius 2 is 1.96 bits per heavy atom. The number of aliphatic carboxylic acids is 1. The molecule has 2 aliphatic rings. The van der Waals surface area contributed by atoms with Crippen molar-refractivity contribution in [2.24, 2.45) is 11.8 Å². The fraction of sp³-hybridized carbons (Fsp3) is 0.522. The number of aliphatic hydroxyl groups excluding tert-OH is 1. The minimum atomic E-state index is -0.716. The van der Waals surface area contributed by atoms with Gasteiger partial charge in [0.1, 0.15) is 0 Å². The van der Waals surface area contributed by atoms with Crippen LogP contribution in [0, 0.1) is 11.8 Å². The van der Waals surface area contributed by atoms with E-state index in [2.05, 4.69) is 42.1 Å². The SMILES string of the molecule is O=C(O)CCCC=CC[C@H]1[C@@H](C=CC(O)Cc2ccccc2)[C@H]2CC[C@@H]1S2. The molecule has 146 valence electrons. The fourth-order valence-corrected chi connectivity index (χ4v) is 6.27. The first-order valence-corrected chi connectivity index (χ1v) is 11.0. The van der Waals surface area contributed by atoms with Crippen LogP contribution in [0.3, 0.4) is 0 Å². The van der Waals surface area contributed by atoms with Gasteiger partial charge in [-0.25, -0.2) is 0 Å². The van der Waals surface area contributed by atoms with Gasteiger partial charge < -0.3 is 10.2 Å². The van der Waals surface area contributed by atoms with Crippen LogP contribution >= 0.6 is 11.8 Å². The van der Waals surface area contributed by atoms with Crippen LogP contribution in [0.5, 0.6) is 0 Å². The molecule has 2 fully saturated rings. The van der Waals surface area contributed by atoms with Gasteiger partial charge in [0, 0.05) is 23.3 Å². The molecule has 0 aromatic heterocycles. The Morgan fingerprint density at radius 1 is 1.19 bits per heavy atom. The first-order chi connectivity index (χ1) is 13.1. The second-order valence-corrected chi connectivity index (χ2v) is 9.15. The van der Waals surface area contributed by atoms with E-state index in [4.69, 9.17) is 5.11 Å². The summed E-state index contributed by atoms with van der Waals surface area (Å²) in [6.45, 7) is 0. The number of benzene rings is 1. The molecular weight excluding hydrogens is 356 g/mol. The molecule has 0 spiro atoms. The third kappa shape index (κ3) is 5.98. The molecule has 1 unspecified atom stereocenters. The van der Waals surface area contributed by atoms with E-state index in [1.54, 1.807) is 0 Å². The molecule has 2 heterocycles. The van der Waals surface area contributed by atoms with Crippen LogP contribution in [0.4, 0.5) is 0 Å². The Hall–Kier alpha value is -1.52. The third-order valence-corrected chi connectivity index (χ3v) is 7.50. The predicted molar refractivity (Wildman–Crippen MR) is 112 cm³/mol. The van der Waals surface area contributed by atoms with Crippen molar-refractivity contribution in [2.75, 3.05) is 0 Å². The lowest BCUT2D eigenvalue weighted by molar-refractivity contribution is -0.137. The standard InChI is InChI=1S/C23H30O3S/c24-18(16-17-8-4-3-5-9-17)12-13-20-19(21-14-15-22(20)27-21)10-6-1-2-7-11-23(25)26/h1,3-6,8-9,12-13,18-22,24H,2,7,10-11,14-16H2,(H,25,26)/t18?,19-,20+,21-,22+/m0/s1. The Morgan fingerprint density at radius 3 is 2.74 bits per heavy atom. The number of allylic oxidation sites excluding steroid dienone is 3. The monoisotopic (exact) mass is 386 g/mol. The molecular formula is C23H30O3S. The second-order valence-electron chi connectivity index (χ2n) is 7.67. The van der Waals surface area contributed by atoms with Gasteiger partial charge in [-0.15, -0.1) is 0 Å². The molecule has 4 heteroatoms. The minimum absolute atomic E-state index is 0.249. The van der Waals surface area contributed by atoms with Crippen molar-refractivity contribution >= 4 is 17.7 Å². The van der Waals surface area contributed by atoms with E-state index in [1.807, 2.05) is 24.3 Å². The van der Waals surface area contributed by atoms with Crippen molar-refractivity contribution in [3.63, 3.8) is 0 Å². The molecule has 0 amide bonds. The molecule has 2 aliphatic heterocycles. The van der Waals surface area contributed by atoms with E-state index in [-0.39, 0.29) is 6.42 Å². The number of aliphatic hydroxyl groups is 1. The van der Waals surface area contributed by atoms with Crippen LogP contribution in [0.2, 0.25) is 0 Å². The first-order valence-electron chi connectivity index (χ1n) is 10.1. The summed E-state index contributed by atoms with van der Waals surface area (Å²) in [6, 6.07) is 10.1. The summed E-state index contributed by atoms with van der Waals surface area (Å²) in [5.74, 6) is 0.472. The molecule has 0 radical (unpaired) electrons. The Bertz CT molecular complexity index is 655. The highest BCUT2D eigenvalue weighted by Gasteiger charge is 2.46. The number of hydrogen-bond acceptors (Lipinski definition) is 3. The highest BCUT2D eigenvalue weighted by molar-refractivity contribution is 8.01. The number of unbranched alkanes of at least 4 members (excludes halogenated alkanes) is 1. The first kappa shape index (κ1) is 20.2. The topological polar surface area (TPSA) is 57.5 Å². The minimum Gasteiger partial charge on any atom is -0.481 e. The largest absolute Gasteiger partial charge is 0.481 e. The van der Waals surface area contributed by atoms with Crippen LogP contribution in [0.1, 0.15) is 44.1 Å². The highest BCUT2D eigenvalue weighted by Crippen LogP contribution is 2.54. The van der Waals surface area contributed by atoms with Crippen molar-refractivity contribution < 1.29 is 15.0 Å². The van der Waals surface area contributed by atoms with Gasteiger partial charge in [-0.05, 0) is 49.5 Å². The average Bonchev–Trinajstić information content (AvgIpc) is 3.25. The molecule has 2 saturated heterocycles. The number of fused-ring (bicyclic) bond motifs is 2. The highest BCUT2D eigenvalue weighted by atomic mass is 32.2. The van der Waals surface area contributed by atoms with E-state index in [9.17, 15) is 9.90 Å². The van der Waals surface area contributed by atoms with E-state index in [0.29, 0.717) is 29.9 Å². The average molecular weight is 387 g/mol. The second kappa shape index (κ2) is 10.1. The third-order valence-electron chi connectivity index (χ3n) is 5.67. The molecule has 1 aromatic rings. The van der Waals surface area contributed by atoms with E-state index < -0.39 is 12.1 Å². The van der Waals surface area contributed by atoms with Crippen LogP contribution in [-0.4, -0.2) is 32.8 Å². The number of carboxylic acids is 1. The summed E-state index contributed by atoms with van der Waals surface area (Å²) in [7, 11) is 0. The maximum Gasteiger partial charge on any atom is 0.303 e. The molecule has 5 atom stereocenters. The van der Waals surface area contributed by atoms with E-state index in [1.165, 1.54) is 12.8 Å². The Kier molecular flexibility index (Phi) is 7.59.